The molecule has 1 saturated heterocycles. The van der Waals surface area contributed by atoms with Gasteiger partial charge in [-0.25, -0.2) is 4.79 Å². The van der Waals surface area contributed by atoms with E-state index < -0.39 is 12.0 Å². The number of amides is 1. The van der Waals surface area contributed by atoms with Crippen molar-refractivity contribution >= 4 is 22.8 Å². The molecule has 5 nitrogen and oxygen atoms in total. The molecule has 1 fully saturated rings. The summed E-state index contributed by atoms with van der Waals surface area (Å²) in [6.45, 7) is 4.53. The number of hydrogen-bond acceptors (Lipinski definition) is 3. The van der Waals surface area contributed by atoms with Crippen molar-refractivity contribution in [3.8, 4) is 0 Å². The average Bonchev–Trinajstić information content (AvgIpc) is 3.10. The first kappa shape index (κ1) is 14.6. The fraction of sp³-hybridized carbons (Fsp3) is 0.412. The van der Waals surface area contributed by atoms with Gasteiger partial charge in [-0.15, -0.1) is 0 Å². The SMILES string of the molecule is Cc1ccc2c(CC(=O)N3CCC[C@H]3C(=O)O)coc2c1C. The van der Waals surface area contributed by atoms with E-state index in [0.717, 1.165) is 34.1 Å². The molecule has 3 rings (SSSR count). The quantitative estimate of drug-likeness (QED) is 0.946. The van der Waals surface area contributed by atoms with Gasteiger partial charge in [0, 0.05) is 17.5 Å². The Bertz CT molecular complexity index is 746. The summed E-state index contributed by atoms with van der Waals surface area (Å²) >= 11 is 0. The fourth-order valence-electron chi connectivity index (χ4n) is 3.11. The molecule has 2 heterocycles. The second-order valence-electron chi connectivity index (χ2n) is 5.91. The van der Waals surface area contributed by atoms with Gasteiger partial charge < -0.3 is 14.4 Å². The molecule has 116 valence electrons. The molecule has 1 atom stereocenters. The number of nitrogens with zero attached hydrogens (tertiary/aromatic N) is 1. The Labute approximate surface area is 128 Å². The normalized spacial score (nSPS) is 18.1. The monoisotopic (exact) mass is 301 g/mol. The number of rotatable bonds is 3. The number of fused-ring (bicyclic) bond motifs is 1. The molecule has 0 radical (unpaired) electrons. The van der Waals surface area contributed by atoms with E-state index >= 15 is 0 Å². The van der Waals surface area contributed by atoms with Crippen LogP contribution in [-0.4, -0.2) is 34.5 Å². The average molecular weight is 301 g/mol. The van der Waals surface area contributed by atoms with Crippen molar-refractivity contribution in [1.29, 1.82) is 0 Å². The van der Waals surface area contributed by atoms with Gasteiger partial charge >= 0.3 is 5.97 Å². The lowest BCUT2D eigenvalue weighted by Crippen LogP contribution is -2.41. The minimum absolute atomic E-state index is 0.147. The molecule has 1 N–H and O–H groups in total. The number of furan rings is 1. The van der Waals surface area contributed by atoms with Crippen LogP contribution in [0.15, 0.2) is 22.8 Å². The standard InChI is InChI=1S/C17H19NO4/c1-10-5-6-13-12(9-22-16(13)11(10)2)8-15(19)18-7-3-4-14(18)17(20)21/h5-6,9,14H,3-4,7-8H2,1-2H3,(H,20,21)/t14-/m0/s1. The first-order chi connectivity index (χ1) is 10.5. The van der Waals surface area contributed by atoms with Crippen molar-refractivity contribution in [3.05, 3.63) is 35.1 Å². The van der Waals surface area contributed by atoms with E-state index in [1.807, 2.05) is 26.0 Å². The van der Waals surface area contributed by atoms with Crippen molar-refractivity contribution < 1.29 is 19.1 Å². The highest BCUT2D eigenvalue weighted by Crippen LogP contribution is 2.28. The summed E-state index contributed by atoms with van der Waals surface area (Å²) < 4.78 is 5.61. The lowest BCUT2D eigenvalue weighted by Gasteiger charge is -2.21. The lowest BCUT2D eigenvalue weighted by atomic mass is 10.0. The van der Waals surface area contributed by atoms with E-state index in [-0.39, 0.29) is 12.3 Å². The number of benzene rings is 1. The molecular weight excluding hydrogens is 282 g/mol. The van der Waals surface area contributed by atoms with Gasteiger partial charge in [0.2, 0.25) is 5.91 Å². The molecule has 0 bridgehead atoms. The summed E-state index contributed by atoms with van der Waals surface area (Å²) in [6, 6.07) is 3.29. The summed E-state index contributed by atoms with van der Waals surface area (Å²) in [4.78, 5) is 25.1. The van der Waals surface area contributed by atoms with E-state index in [2.05, 4.69) is 0 Å². The van der Waals surface area contributed by atoms with Crippen molar-refractivity contribution in [3.63, 3.8) is 0 Å². The van der Waals surface area contributed by atoms with E-state index in [0.29, 0.717) is 13.0 Å². The number of aliphatic carboxylic acids is 1. The predicted molar refractivity (Wildman–Crippen MR) is 81.8 cm³/mol. The van der Waals surface area contributed by atoms with Gasteiger partial charge in [-0.2, -0.15) is 0 Å². The van der Waals surface area contributed by atoms with Gasteiger partial charge in [0.05, 0.1) is 12.7 Å². The second kappa shape index (κ2) is 5.48. The van der Waals surface area contributed by atoms with Crippen LogP contribution in [0, 0.1) is 13.8 Å². The molecular formula is C17H19NO4. The van der Waals surface area contributed by atoms with Crippen LogP contribution < -0.4 is 0 Å². The summed E-state index contributed by atoms with van der Waals surface area (Å²) in [5.41, 5.74) is 3.84. The minimum atomic E-state index is -0.922. The number of aryl methyl sites for hydroxylation is 2. The maximum atomic E-state index is 12.4. The Hall–Kier alpha value is -2.30. The molecule has 2 aromatic rings. The Balaban J connectivity index is 1.86. The van der Waals surface area contributed by atoms with Crippen LogP contribution >= 0.6 is 0 Å². The smallest absolute Gasteiger partial charge is 0.326 e. The van der Waals surface area contributed by atoms with Crippen LogP contribution in [0.2, 0.25) is 0 Å². The molecule has 5 heteroatoms. The Morgan fingerprint density at radius 1 is 1.36 bits per heavy atom. The van der Waals surface area contributed by atoms with Crippen LogP contribution in [0.5, 0.6) is 0 Å². The largest absolute Gasteiger partial charge is 0.480 e. The van der Waals surface area contributed by atoms with Gasteiger partial charge in [0.25, 0.3) is 0 Å². The third-order valence-corrected chi connectivity index (χ3v) is 4.54. The second-order valence-corrected chi connectivity index (χ2v) is 5.91. The highest BCUT2D eigenvalue weighted by Gasteiger charge is 2.34. The zero-order valence-electron chi connectivity index (χ0n) is 12.8. The van der Waals surface area contributed by atoms with Crippen LogP contribution in [0.1, 0.15) is 29.5 Å². The minimum Gasteiger partial charge on any atom is -0.480 e. The summed E-state index contributed by atoms with van der Waals surface area (Å²) in [5, 5.41) is 10.1. The van der Waals surface area contributed by atoms with Gasteiger partial charge in [0.1, 0.15) is 11.6 Å². The van der Waals surface area contributed by atoms with Gasteiger partial charge in [-0.1, -0.05) is 12.1 Å². The molecule has 22 heavy (non-hydrogen) atoms. The molecule has 1 aromatic heterocycles. The number of carboxylic acids is 1. The topological polar surface area (TPSA) is 70.8 Å². The maximum absolute atomic E-state index is 12.4. The van der Waals surface area contributed by atoms with E-state index in [9.17, 15) is 14.7 Å². The zero-order valence-corrected chi connectivity index (χ0v) is 12.8. The first-order valence-corrected chi connectivity index (χ1v) is 7.47. The molecule has 1 amide bonds. The Morgan fingerprint density at radius 3 is 2.86 bits per heavy atom. The van der Waals surface area contributed by atoms with Crippen molar-refractivity contribution in [2.45, 2.75) is 39.2 Å². The van der Waals surface area contributed by atoms with Crippen LogP contribution in [0.3, 0.4) is 0 Å². The van der Waals surface area contributed by atoms with Crippen molar-refractivity contribution in [2.75, 3.05) is 6.54 Å². The summed E-state index contributed by atoms with van der Waals surface area (Å²) in [7, 11) is 0. The first-order valence-electron chi connectivity index (χ1n) is 7.47. The van der Waals surface area contributed by atoms with Crippen LogP contribution in [0.4, 0.5) is 0 Å². The van der Waals surface area contributed by atoms with Crippen molar-refractivity contribution in [2.24, 2.45) is 0 Å². The molecule has 0 saturated carbocycles. The van der Waals surface area contributed by atoms with Gasteiger partial charge in [0.15, 0.2) is 0 Å². The predicted octanol–water partition coefficient (Wildman–Crippen LogP) is 2.67. The molecule has 0 unspecified atom stereocenters. The Morgan fingerprint density at radius 2 is 2.14 bits per heavy atom. The highest BCUT2D eigenvalue weighted by atomic mass is 16.4. The number of likely N-dealkylation sites (tertiary alicyclic amines) is 1. The molecule has 1 aliphatic heterocycles. The van der Waals surface area contributed by atoms with Gasteiger partial charge in [-0.3, -0.25) is 4.79 Å². The highest BCUT2D eigenvalue weighted by molar-refractivity contribution is 5.91. The molecule has 0 aliphatic carbocycles. The third kappa shape index (κ3) is 2.36. The number of carbonyl (C=O) groups excluding carboxylic acids is 1. The van der Waals surface area contributed by atoms with Crippen LogP contribution in [-0.2, 0) is 16.0 Å². The van der Waals surface area contributed by atoms with Crippen LogP contribution in [0.25, 0.3) is 11.0 Å². The zero-order chi connectivity index (χ0) is 15.9. The van der Waals surface area contributed by atoms with Crippen molar-refractivity contribution in [1.82, 2.24) is 4.90 Å². The number of carboxylic acid groups (broad SMARTS) is 1. The van der Waals surface area contributed by atoms with E-state index in [4.69, 9.17) is 4.42 Å². The van der Waals surface area contributed by atoms with E-state index in [1.165, 1.54) is 4.90 Å². The Kier molecular flexibility index (Phi) is 3.64. The number of carbonyl (C=O) groups is 2. The summed E-state index contributed by atoms with van der Waals surface area (Å²) in [6.07, 6.45) is 3.07. The molecule has 1 aliphatic rings. The number of hydrogen-bond donors (Lipinski definition) is 1. The molecule has 1 aromatic carbocycles. The third-order valence-electron chi connectivity index (χ3n) is 4.54. The fourth-order valence-corrected chi connectivity index (χ4v) is 3.11. The van der Waals surface area contributed by atoms with Gasteiger partial charge in [-0.05, 0) is 37.8 Å². The lowest BCUT2D eigenvalue weighted by molar-refractivity contribution is -0.147. The molecule has 0 spiro atoms. The van der Waals surface area contributed by atoms with E-state index in [1.54, 1.807) is 6.26 Å². The maximum Gasteiger partial charge on any atom is 0.326 e. The summed E-state index contributed by atoms with van der Waals surface area (Å²) in [5.74, 6) is -1.07.